The lowest BCUT2D eigenvalue weighted by atomic mass is 10.2. The van der Waals surface area contributed by atoms with E-state index in [4.69, 9.17) is 23.2 Å². The topological polar surface area (TPSA) is 45.2 Å². The number of nitrogens with one attached hydrogen (secondary N) is 1. The van der Waals surface area contributed by atoms with Gasteiger partial charge in [0.15, 0.2) is 0 Å². The van der Waals surface area contributed by atoms with Crippen molar-refractivity contribution < 1.29 is 4.79 Å². The van der Waals surface area contributed by atoms with Crippen LogP contribution in [0.2, 0.25) is 10.3 Å². The molecule has 1 aromatic rings. The maximum Gasteiger partial charge on any atom is 0.251 e. The lowest BCUT2D eigenvalue weighted by Crippen LogP contribution is -2.37. The Bertz CT molecular complexity index is 455. The largest absolute Gasteiger partial charge is 0.351 e. The molecule has 0 spiro atoms. The van der Waals surface area contributed by atoms with Crippen LogP contribution in [-0.4, -0.2) is 42.0 Å². The number of rotatable bonds is 5. The second kappa shape index (κ2) is 7.25. The number of pyridine rings is 1. The fourth-order valence-electron chi connectivity index (χ4n) is 2.57. The minimum absolute atomic E-state index is 0.170. The Hall–Kier alpha value is -0.840. The highest BCUT2D eigenvalue weighted by Gasteiger charge is 2.19. The van der Waals surface area contributed by atoms with E-state index in [0.29, 0.717) is 18.2 Å². The van der Waals surface area contributed by atoms with Crippen LogP contribution in [0.1, 0.15) is 36.0 Å². The van der Waals surface area contributed by atoms with Crippen molar-refractivity contribution in [2.24, 2.45) is 0 Å². The van der Waals surface area contributed by atoms with Crippen LogP contribution in [0.15, 0.2) is 12.1 Å². The van der Waals surface area contributed by atoms with Crippen LogP contribution in [0.25, 0.3) is 0 Å². The standard InChI is InChI=1S/C14H19Cl2N3O/c1-19(11-4-2-3-5-11)7-6-17-14(20)10-8-12(15)18-13(16)9-10/h8-9,11H,2-7H2,1H3,(H,17,20). The third-order valence-electron chi connectivity index (χ3n) is 3.72. The lowest BCUT2D eigenvalue weighted by Gasteiger charge is -2.23. The lowest BCUT2D eigenvalue weighted by molar-refractivity contribution is 0.0947. The SMILES string of the molecule is CN(CCNC(=O)c1cc(Cl)nc(Cl)c1)C1CCCC1. The Morgan fingerprint density at radius 2 is 1.95 bits per heavy atom. The predicted octanol–water partition coefficient (Wildman–Crippen LogP) is 2.99. The van der Waals surface area contributed by atoms with E-state index in [1.54, 1.807) is 0 Å². The molecule has 110 valence electrons. The molecule has 0 atom stereocenters. The summed E-state index contributed by atoms with van der Waals surface area (Å²) in [6.45, 7) is 1.46. The van der Waals surface area contributed by atoms with Gasteiger partial charge in [-0.25, -0.2) is 4.98 Å². The maximum absolute atomic E-state index is 12.0. The number of nitrogens with zero attached hydrogens (tertiary/aromatic N) is 2. The van der Waals surface area contributed by atoms with Crippen molar-refractivity contribution in [2.75, 3.05) is 20.1 Å². The van der Waals surface area contributed by atoms with Gasteiger partial charge in [-0.3, -0.25) is 4.79 Å². The van der Waals surface area contributed by atoms with Gasteiger partial charge >= 0.3 is 0 Å². The van der Waals surface area contributed by atoms with E-state index in [0.717, 1.165) is 6.54 Å². The Kier molecular flexibility index (Phi) is 5.64. The molecule has 0 unspecified atom stereocenters. The number of carbonyl (C=O) groups excluding carboxylic acids is 1. The van der Waals surface area contributed by atoms with Crippen LogP contribution in [0.4, 0.5) is 0 Å². The molecular weight excluding hydrogens is 297 g/mol. The molecule has 20 heavy (non-hydrogen) atoms. The van der Waals surface area contributed by atoms with Gasteiger partial charge in [-0.1, -0.05) is 36.0 Å². The van der Waals surface area contributed by atoms with Crippen molar-refractivity contribution in [3.05, 3.63) is 28.0 Å². The molecular formula is C14H19Cl2N3O. The quantitative estimate of drug-likeness (QED) is 0.850. The summed E-state index contributed by atoms with van der Waals surface area (Å²) in [5.41, 5.74) is 0.443. The third kappa shape index (κ3) is 4.33. The number of carbonyl (C=O) groups is 1. The van der Waals surface area contributed by atoms with E-state index in [1.807, 2.05) is 0 Å². The zero-order valence-electron chi connectivity index (χ0n) is 11.5. The average molecular weight is 316 g/mol. The van der Waals surface area contributed by atoms with Crippen LogP contribution in [-0.2, 0) is 0 Å². The number of hydrogen-bond acceptors (Lipinski definition) is 3. The molecule has 2 rings (SSSR count). The second-order valence-electron chi connectivity index (χ2n) is 5.18. The van der Waals surface area contributed by atoms with Gasteiger partial charge in [0.05, 0.1) is 0 Å². The van der Waals surface area contributed by atoms with E-state index < -0.39 is 0 Å². The molecule has 1 aromatic heterocycles. The van der Waals surface area contributed by atoms with Crippen LogP contribution in [0, 0.1) is 0 Å². The van der Waals surface area contributed by atoms with Gasteiger partial charge in [0.1, 0.15) is 10.3 Å². The van der Waals surface area contributed by atoms with Gasteiger partial charge in [0.2, 0.25) is 0 Å². The highest BCUT2D eigenvalue weighted by Crippen LogP contribution is 2.21. The first kappa shape index (κ1) is 15.5. The monoisotopic (exact) mass is 315 g/mol. The molecule has 1 aliphatic carbocycles. The van der Waals surface area contributed by atoms with Gasteiger partial charge < -0.3 is 10.2 Å². The highest BCUT2D eigenvalue weighted by atomic mass is 35.5. The summed E-state index contributed by atoms with van der Waals surface area (Å²) in [6.07, 6.45) is 5.16. The molecule has 0 radical (unpaired) electrons. The summed E-state index contributed by atoms with van der Waals surface area (Å²) in [5.74, 6) is -0.170. The van der Waals surface area contributed by atoms with Gasteiger partial charge in [0, 0.05) is 24.7 Å². The van der Waals surface area contributed by atoms with Crippen molar-refractivity contribution in [2.45, 2.75) is 31.7 Å². The molecule has 1 heterocycles. The number of amides is 1. The molecule has 0 aromatic carbocycles. The third-order valence-corrected chi connectivity index (χ3v) is 4.11. The van der Waals surface area contributed by atoms with Crippen LogP contribution >= 0.6 is 23.2 Å². The molecule has 0 bridgehead atoms. The first-order chi connectivity index (χ1) is 9.56. The minimum atomic E-state index is -0.170. The van der Waals surface area contributed by atoms with Crippen molar-refractivity contribution >= 4 is 29.1 Å². The highest BCUT2D eigenvalue weighted by molar-refractivity contribution is 6.33. The normalized spacial score (nSPS) is 15.8. The van der Waals surface area contributed by atoms with Crippen molar-refractivity contribution in [1.29, 1.82) is 0 Å². The zero-order valence-corrected chi connectivity index (χ0v) is 13.0. The Labute approximate surface area is 129 Å². The summed E-state index contributed by atoms with van der Waals surface area (Å²) in [5, 5.41) is 3.34. The fourth-order valence-corrected chi connectivity index (χ4v) is 3.03. The smallest absolute Gasteiger partial charge is 0.251 e. The van der Waals surface area contributed by atoms with E-state index >= 15 is 0 Å². The van der Waals surface area contributed by atoms with Crippen LogP contribution in [0.3, 0.4) is 0 Å². The first-order valence-corrected chi connectivity index (χ1v) is 7.63. The maximum atomic E-state index is 12.0. The molecule has 0 aliphatic heterocycles. The average Bonchev–Trinajstić information content (AvgIpc) is 2.91. The molecule has 1 N–H and O–H groups in total. The predicted molar refractivity (Wildman–Crippen MR) is 81.5 cm³/mol. The number of aromatic nitrogens is 1. The zero-order chi connectivity index (χ0) is 14.5. The molecule has 1 aliphatic rings. The molecule has 4 nitrogen and oxygen atoms in total. The molecule has 1 saturated carbocycles. The Morgan fingerprint density at radius 1 is 1.35 bits per heavy atom. The van der Waals surface area contributed by atoms with Gasteiger partial charge in [-0.2, -0.15) is 0 Å². The van der Waals surface area contributed by atoms with Gasteiger partial charge in [-0.15, -0.1) is 0 Å². The van der Waals surface area contributed by atoms with E-state index in [9.17, 15) is 4.79 Å². The van der Waals surface area contributed by atoms with E-state index in [2.05, 4.69) is 22.2 Å². The first-order valence-electron chi connectivity index (χ1n) is 6.88. The summed E-state index contributed by atoms with van der Waals surface area (Å²) in [4.78, 5) is 18.1. The summed E-state index contributed by atoms with van der Waals surface area (Å²) in [7, 11) is 2.11. The number of likely N-dealkylation sites (N-methyl/N-ethyl adjacent to an activating group) is 1. The molecule has 1 amide bonds. The molecule has 6 heteroatoms. The number of hydrogen-bond donors (Lipinski definition) is 1. The summed E-state index contributed by atoms with van der Waals surface area (Å²) < 4.78 is 0. The van der Waals surface area contributed by atoms with Crippen molar-refractivity contribution in [1.82, 2.24) is 15.2 Å². The second-order valence-corrected chi connectivity index (χ2v) is 5.95. The van der Waals surface area contributed by atoms with Gasteiger partial charge in [0.25, 0.3) is 5.91 Å². The van der Waals surface area contributed by atoms with Crippen molar-refractivity contribution in [3.8, 4) is 0 Å². The van der Waals surface area contributed by atoms with E-state index in [-0.39, 0.29) is 16.2 Å². The van der Waals surface area contributed by atoms with Crippen LogP contribution in [0.5, 0.6) is 0 Å². The fraction of sp³-hybridized carbons (Fsp3) is 0.571. The minimum Gasteiger partial charge on any atom is -0.351 e. The Morgan fingerprint density at radius 3 is 2.55 bits per heavy atom. The molecule has 1 fully saturated rings. The molecule has 0 saturated heterocycles. The van der Waals surface area contributed by atoms with Crippen molar-refractivity contribution in [3.63, 3.8) is 0 Å². The number of halogens is 2. The van der Waals surface area contributed by atoms with Crippen LogP contribution < -0.4 is 5.32 Å². The Balaban J connectivity index is 1.79. The summed E-state index contributed by atoms with van der Waals surface area (Å²) >= 11 is 11.6. The summed E-state index contributed by atoms with van der Waals surface area (Å²) in [6, 6.07) is 3.70. The van der Waals surface area contributed by atoms with Gasteiger partial charge in [-0.05, 0) is 32.0 Å². The van der Waals surface area contributed by atoms with E-state index in [1.165, 1.54) is 37.8 Å².